The van der Waals surface area contributed by atoms with Gasteiger partial charge in [0, 0.05) is 25.1 Å². The highest BCUT2D eigenvalue weighted by atomic mass is 16.5. The molecule has 0 spiro atoms. The Labute approximate surface area is 121 Å². The monoisotopic (exact) mass is 272 g/mol. The van der Waals surface area contributed by atoms with Gasteiger partial charge in [-0.05, 0) is 37.9 Å². The molecule has 0 saturated carbocycles. The standard InChI is InChI=1S/C17H24N2O/c1-3-12-18-16(9-6-13-20-2)17-11-10-14-7-4-5-8-15(14)19-17/h4-5,7-8,10-11,16,18H,3,6,9,12-13H2,1-2H3. The van der Waals surface area contributed by atoms with Crippen LogP contribution in [0.25, 0.3) is 10.9 Å². The maximum absolute atomic E-state index is 5.15. The van der Waals surface area contributed by atoms with Crippen molar-refractivity contribution in [2.45, 2.75) is 32.2 Å². The van der Waals surface area contributed by atoms with E-state index in [1.165, 1.54) is 5.39 Å². The minimum atomic E-state index is 0.315. The second kappa shape index (κ2) is 7.98. The molecule has 0 aliphatic heterocycles. The second-order valence-corrected chi connectivity index (χ2v) is 5.07. The van der Waals surface area contributed by atoms with Crippen LogP contribution in [0.3, 0.4) is 0 Å². The number of rotatable bonds is 8. The molecule has 20 heavy (non-hydrogen) atoms. The zero-order valence-electron chi connectivity index (χ0n) is 12.4. The first-order chi connectivity index (χ1) is 9.85. The molecule has 0 aliphatic rings. The Kier molecular flexibility index (Phi) is 5.96. The number of ether oxygens (including phenoxy) is 1. The van der Waals surface area contributed by atoms with Crippen LogP contribution in [0, 0.1) is 0 Å². The average molecular weight is 272 g/mol. The van der Waals surface area contributed by atoms with Crippen molar-refractivity contribution in [2.24, 2.45) is 0 Å². The topological polar surface area (TPSA) is 34.1 Å². The summed E-state index contributed by atoms with van der Waals surface area (Å²) in [5.74, 6) is 0. The Morgan fingerprint density at radius 3 is 2.85 bits per heavy atom. The molecule has 0 radical (unpaired) electrons. The first kappa shape index (κ1) is 14.9. The van der Waals surface area contributed by atoms with E-state index in [9.17, 15) is 0 Å². The van der Waals surface area contributed by atoms with E-state index >= 15 is 0 Å². The van der Waals surface area contributed by atoms with Crippen molar-refractivity contribution in [2.75, 3.05) is 20.3 Å². The predicted octanol–water partition coefficient (Wildman–Crippen LogP) is 3.70. The molecule has 108 valence electrons. The Balaban J connectivity index is 2.15. The lowest BCUT2D eigenvalue weighted by molar-refractivity contribution is 0.188. The zero-order valence-corrected chi connectivity index (χ0v) is 12.4. The maximum atomic E-state index is 5.15. The minimum absolute atomic E-state index is 0.315. The van der Waals surface area contributed by atoms with E-state index < -0.39 is 0 Å². The summed E-state index contributed by atoms with van der Waals surface area (Å²) in [7, 11) is 1.75. The van der Waals surface area contributed by atoms with Crippen LogP contribution >= 0.6 is 0 Å². The van der Waals surface area contributed by atoms with Crippen molar-refractivity contribution in [3.05, 3.63) is 42.1 Å². The Morgan fingerprint density at radius 1 is 1.20 bits per heavy atom. The summed E-state index contributed by atoms with van der Waals surface area (Å²) in [6.45, 7) is 4.01. The van der Waals surface area contributed by atoms with Crippen molar-refractivity contribution >= 4 is 10.9 Å². The van der Waals surface area contributed by atoms with Crippen molar-refractivity contribution in [1.29, 1.82) is 0 Å². The maximum Gasteiger partial charge on any atom is 0.0706 e. The molecule has 0 amide bonds. The molecule has 2 rings (SSSR count). The molecule has 1 heterocycles. The smallest absolute Gasteiger partial charge is 0.0706 e. The molecule has 0 saturated heterocycles. The largest absolute Gasteiger partial charge is 0.385 e. The molecule has 1 aromatic heterocycles. The van der Waals surface area contributed by atoms with E-state index in [1.54, 1.807) is 7.11 Å². The van der Waals surface area contributed by atoms with Crippen LogP contribution in [0.15, 0.2) is 36.4 Å². The fraction of sp³-hybridized carbons (Fsp3) is 0.471. The van der Waals surface area contributed by atoms with E-state index in [-0.39, 0.29) is 0 Å². The number of nitrogens with one attached hydrogen (secondary N) is 1. The van der Waals surface area contributed by atoms with Gasteiger partial charge >= 0.3 is 0 Å². The third kappa shape index (κ3) is 4.02. The third-order valence-electron chi connectivity index (χ3n) is 3.46. The van der Waals surface area contributed by atoms with Gasteiger partial charge in [-0.3, -0.25) is 4.98 Å². The fourth-order valence-electron chi connectivity index (χ4n) is 2.38. The van der Waals surface area contributed by atoms with Gasteiger partial charge < -0.3 is 10.1 Å². The SMILES string of the molecule is CCCNC(CCCOC)c1ccc2ccccc2n1. The summed E-state index contributed by atoms with van der Waals surface area (Å²) in [5, 5.41) is 4.79. The molecule has 1 N–H and O–H groups in total. The lowest BCUT2D eigenvalue weighted by Crippen LogP contribution is -2.23. The lowest BCUT2D eigenvalue weighted by Gasteiger charge is -2.18. The van der Waals surface area contributed by atoms with Crippen LogP contribution in [-0.4, -0.2) is 25.2 Å². The summed E-state index contributed by atoms with van der Waals surface area (Å²) in [6.07, 6.45) is 3.24. The van der Waals surface area contributed by atoms with Crippen LogP contribution in [-0.2, 0) is 4.74 Å². The highest BCUT2D eigenvalue weighted by Gasteiger charge is 2.12. The third-order valence-corrected chi connectivity index (χ3v) is 3.46. The first-order valence-corrected chi connectivity index (χ1v) is 7.43. The molecule has 0 aliphatic carbocycles. The predicted molar refractivity (Wildman–Crippen MR) is 83.9 cm³/mol. The highest BCUT2D eigenvalue weighted by molar-refractivity contribution is 5.78. The minimum Gasteiger partial charge on any atom is -0.385 e. The van der Waals surface area contributed by atoms with E-state index in [4.69, 9.17) is 9.72 Å². The van der Waals surface area contributed by atoms with Crippen LogP contribution in [0.1, 0.15) is 37.9 Å². The molecule has 1 aromatic carbocycles. The number of nitrogens with zero attached hydrogens (tertiary/aromatic N) is 1. The summed E-state index contributed by atoms with van der Waals surface area (Å²) < 4.78 is 5.15. The second-order valence-electron chi connectivity index (χ2n) is 5.07. The lowest BCUT2D eigenvalue weighted by atomic mass is 10.1. The van der Waals surface area contributed by atoms with Gasteiger partial charge in [0.2, 0.25) is 0 Å². The normalized spacial score (nSPS) is 12.7. The van der Waals surface area contributed by atoms with Gasteiger partial charge in [-0.1, -0.05) is 31.2 Å². The van der Waals surface area contributed by atoms with Crippen LogP contribution in [0.2, 0.25) is 0 Å². The zero-order chi connectivity index (χ0) is 14.2. The van der Waals surface area contributed by atoms with Gasteiger partial charge in [-0.25, -0.2) is 0 Å². The number of benzene rings is 1. The number of fused-ring (bicyclic) bond motifs is 1. The van der Waals surface area contributed by atoms with E-state index in [0.717, 1.165) is 43.6 Å². The van der Waals surface area contributed by atoms with Gasteiger partial charge in [0.15, 0.2) is 0 Å². The molecular formula is C17H24N2O. The van der Waals surface area contributed by atoms with Gasteiger partial charge in [-0.15, -0.1) is 0 Å². The van der Waals surface area contributed by atoms with Crippen LogP contribution in [0.5, 0.6) is 0 Å². The highest BCUT2D eigenvalue weighted by Crippen LogP contribution is 2.20. The van der Waals surface area contributed by atoms with Gasteiger partial charge in [0.1, 0.15) is 0 Å². The summed E-state index contributed by atoms with van der Waals surface area (Å²) >= 11 is 0. The fourth-order valence-corrected chi connectivity index (χ4v) is 2.38. The Morgan fingerprint density at radius 2 is 2.05 bits per heavy atom. The molecule has 1 atom stereocenters. The van der Waals surface area contributed by atoms with E-state index in [1.807, 2.05) is 6.07 Å². The van der Waals surface area contributed by atoms with Gasteiger partial charge in [0.25, 0.3) is 0 Å². The van der Waals surface area contributed by atoms with E-state index in [0.29, 0.717) is 6.04 Å². The van der Waals surface area contributed by atoms with Crippen molar-refractivity contribution in [1.82, 2.24) is 10.3 Å². The molecule has 3 heteroatoms. The van der Waals surface area contributed by atoms with E-state index in [2.05, 4.69) is 42.6 Å². The molecular weight excluding hydrogens is 248 g/mol. The number of pyridine rings is 1. The van der Waals surface area contributed by atoms with Crippen LogP contribution in [0.4, 0.5) is 0 Å². The average Bonchev–Trinajstić information content (AvgIpc) is 2.50. The van der Waals surface area contributed by atoms with Crippen molar-refractivity contribution in [3.8, 4) is 0 Å². The van der Waals surface area contributed by atoms with Crippen molar-refractivity contribution in [3.63, 3.8) is 0 Å². The first-order valence-electron chi connectivity index (χ1n) is 7.43. The molecule has 3 nitrogen and oxygen atoms in total. The molecule has 1 unspecified atom stereocenters. The van der Waals surface area contributed by atoms with Crippen molar-refractivity contribution < 1.29 is 4.74 Å². The number of para-hydroxylation sites is 1. The van der Waals surface area contributed by atoms with Crippen LogP contribution < -0.4 is 5.32 Å². The number of hydrogen-bond donors (Lipinski definition) is 1. The summed E-state index contributed by atoms with van der Waals surface area (Å²) in [5.41, 5.74) is 2.20. The molecule has 0 fully saturated rings. The number of methoxy groups -OCH3 is 1. The number of hydrogen-bond acceptors (Lipinski definition) is 3. The van der Waals surface area contributed by atoms with Gasteiger partial charge in [0.05, 0.1) is 11.2 Å². The summed E-state index contributed by atoms with van der Waals surface area (Å²) in [4.78, 5) is 4.80. The quantitative estimate of drug-likeness (QED) is 0.744. The Hall–Kier alpha value is -1.45. The molecule has 0 bridgehead atoms. The Bertz CT molecular complexity index is 527. The number of aromatic nitrogens is 1. The molecule has 2 aromatic rings. The van der Waals surface area contributed by atoms with Gasteiger partial charge in [-0.2, -0.15) is 0 Å². The summed E-state index contributed by atoms with van der Waals surface area (Å²) in [6, 6.07) is 12.9.